The zero-order valence-corrected chi connectivity index (χ0v) is 18.6. The van der Waals surface area contributed by atoms with Crippen LogP contribution in [0.25, 0.3) is 0 Å². The molecule has 3 N–H and O–H groups in total. The molecule has 0 radical (unpaired) electrons. The average Bonchev–Trinajstić information content (AvgIpc) is 2.85. The van der Waals surface area contributed by atoms with Crippen molar-refractivity contribution in [2.75, 3.05) is 36.5 Å². The molecule has 1 amide bonds. The van der Waals surface area contributed by atoms with E-state index < -0.39 is 10.8 Å². The number of non-ortho nitro benzene ring substituents is 1. The Morgan fingerprint density at radius 1 is 1.21 bits per heavy atom. The highest BCUT2D eigenvalue weighted by Gasteiger charge is 2.20. The van der Waals surface area contributed by atoms with E-state index in [0.717, 1.165) is 18.8 Å². The SMILES string of the molecule is CCc1nc(C(N)=O)c(Nc2ccc(N3CCOCC3)cc2)nc1Oc1cccc([N+](=O)[O-])c1. The first kappa shape index (κ1) is 22.9. The number of aromatic nitrogens is 2. The Balaban J connectivity index is 1.62. The van der Waals surface area contributed by atoms with Gasteiger partial charge in [-0.3, -0.25) is 14.9 Å². The maximum absolute atomic E-state index is 12.1. The lowest BCUT2D eigenvalue weighted by Gasteiger charge is -2.28. The van der Waals surface area contributed by atoms with Gasteiger partial charge in [0, 0.05) is 30.5 Å². The number of nitrogens with one attached hydrogen (secondary N) is 1. The van der Waals surface area contributed by atoms with Crippen LogP contribution in [0.15, 0.2) is 48.5 Å². The third-order valence-corrected chi connectivity index (χ3v) is 5.25. The van der Waals surface area contributed by atoms with Crippen molar-refractivity contribution in [1.29, 1.82) is 0 Å². The number of anilines is 3. The number of carbonyl (C=O) groups excluding carboxylic acids is 1. The van der Waals surface area contributed by atoms with Gasteiger partial charge in [0.25, 0.3) is 11.6 Å². The van der Waals surface area contributed by atoms with Crippen molar-refractivity contribution in [3.63, 3.8) is 0 Å². The van der Waals surface area contributed by atoms with E-state index in [4.69, 9.17) is 15.2 Å². The number of carbonyl (C=O) groups is 1. The Hall–Kier alpha value is -4.25. The van der Waals surface area contributed by atoms with Crippen LogP contribution in [0.2, 0.25) is 0 Å². The lowest BCUT2D eigenvalue weighted by atomic mass is 10.2. The minimum Gasteiger partial charge on any atom is -0.437 e. The number of hydrogen-bond acceptors (Lipinski definition) is 9. The van der Waals surface area contributed by atoms with E-state index in [-0.39, 0.29) is 28.8 Å². The Morgan fingerprint density at radius 3 is 2.59 bits per heavy atom. The highest BCUT2D eigenvalue weighted by Crippen LogP contribution is 2.30. The van der Waals surface area contributed by atoms with E-state index in [0.29, 0.717) is 31.0 Å². The molecule has 4 rings (SSSR count). The summed E-state index contributed by atoms with van der Waals surface area (Å²) in [6.07, 6.45) is 0.409. The van der Waals surface area contributed by atoms with Crippen molar-refractivity contribution < 1.29 is 19.2 Å². The van der Waals surface area contributed by atoms with Crippen LogP contribution in [0.5, 0.6) is 11.6 Å². The monoisotopic (exact) mass is 464 g/mol. The van der Waals surface area contributed by atoms with Crippen LogP contribution >= 0.6 is 0 Å². The molecule has 1 aromatic heterocycles. The Morgan fingerprint density at radius 2 is 1.94 bits per heavy atom. The van der Waals surface area contributed by atoms with E-state index in [1.807, 2.05) is 31.2 Å². The Kier molecular flexibility index (Phi) is 6.83. The van der Waals surface area contributed by atoms with Gasteiger partial charge in [-0.05, 0) is 36.8 Å². The summed E-state index contributed by atoms with van der Waals surface area (Å²) >= 11 is 0. The van der Waals surface area contributed by atoms with E-state index in [1.165, 1.54) is 18.2 Å². The number of nitrogens with zero attached hydrogens (tertiary/aromatic N) is 4. The van der Waals surface area contributed by atoms with Crippen LogP contribution in [-0.4, -0.2) is 47.1 Å². The summed E-state index contributed by atoms with van der Waals surface area (Å²) < 4.78 is 11.2. The predicted molar refractivity (Wildman–Crippen MR) is 126 cm³/mol. The second-order valence-corrected chi connectivity index (χ2v) is 7.52. The largest absolute Gasteiger partial charge is 0.437 e. The number of nitro benzene ring substituents is 1. The number of hydrogen-bond donors (Lipinski definition) is 2. The van der Waals surface area contributed by atoms with Crippen LogP contribution in [-0.2, 0) is 11.2 Å². The zero-order chi connectivity index (χ0) is 24.1. The first-order valence-electron chi connectivity index (χ1n) is 10.8. The number of nitrogens with two attached hydrogens (primary N) is 1. The first-order chi connectivity index (χ1) is 16.4. The van der Waals surface area contributed by atoms with E-state index in [9.17, 15) is 14.9 Å². The van der Waals surface area contributed by atoms with Gasteiger partial charge in [-0.2, -0.15) is 4.98 Å². The molecule has 0 bridgehead atoms. The maximum atomic E-state index is 12.1. The van der Waals surface area contributed by atoms with Crippen LogP contribution in [0.1, 0.15) is 23.1 Å². The molecule has 0 spiro atoms. The van der Waals surface area contributed by atoms with Crippen molar-refractivity contribution in [2.24, 2.45) is 5.73 Å². The molecule has 34 heavy (non-hydrogen) atoms. The molecule has 11 heteroatoms. The normalized spacial score (nSPS) is 13.4. The van der Waals surface area contributed by atoms with Gasteiger partial charge in [-0.15, -0.1) is 0 Å². The number of amides is 1. The maximum Gasteiger partial charge on any atom is 0.273 e. The molecule has 2 heterocycles. The second-order valence-electron chi connectivity index (χ2n) is 7.52. The summed E-state index contributed by atoms with van der Waals surface area (Å²) in [7, 11) is 0. The van der Waals surface area contributed by atoms with Crippen LogP contribution in [0, 0.1) is 10.1 Å². The predicted octanol–water partition coefficient (Wildman–Crippen LogP) is 3.42. The molecule has 176 valence electrons. The number of morpholine rings is 1. The number of aryl methyl sites for hydroxylation is 1. The molecule has 1 fully saturated rings. The molecule has 0 saturated carbocycles. The van der Waals surface area contributed by atoms with Crippen LogP contribution < -0.4 is 20.7 Å². The van der Waals surface area contributed by atoms with E-state index in [1.54, 1.807) is 6.07 Å². The van der Waals surface area contributed by atoms with Gasteiger partial charge in [-0.25, -0.2) is 4.98 Å². The number of nitro groups is 1. The van der Waals surface area contributed by atoms with Crippen molar-refractivity contribution >= 4 is 28.8 Å². The molecule has 2 aromatic carbocycles. The van der Waals surface area contributed by atoms with Crippen molar-refractivity contribution in [3.8, 4) is 11.6 Å². The number of primary amides is 1. The Labute approximate surface area is 195 Å². The van der Waals surface area contributed by atoms with Crippen LogP contribution in [0.3, 0.4) is 0 Å². The molecule has 1 aliphatic heterocycles. The standard InChI is InChI=1S/C23H24N6O5/c1-2-19-23(34-18-5-3-4-17(14-18)29(31)32)27-22(20(26-19)21(24)30)25-15-6-8-16(9-7-15)28-10-12-33-13-11-28/h3-9,14H,2,10-13H2,1H3,(H2,24,30)(H,25,27). The summed E-state index contributed by atoms with van der Waals surface area (Å²) in [4.78, 5) is 33.7. The van der Waals surface area contributed by atoms with Crippen LogP contribution in [0.4, 0.5) is 22.9 Å². The van der Waals surface area contributed by atoms with Gasteiger partial charge in [0.2, 0.25) is 5.88 Å². The van der Waals surface area contributed by atoms with Crippen molar-refractivity contribution in [1.82, 2.24) is 9.97 Å². The van der Waals surface area contributed by atoms with Gasteiger partial charge in [0.15, 0.2) is 11.5 Å². The molecule has 1 saturated heterocycles. The van der Waals surface area contributed by atoms with Gasteiger partial charge in [0.05, 0.1) is 24.2 Å². The number of rotatable bonds is 8. The molecule has 0 aliphatic carbocycles. The molecule has 0 unspecified atom stereocenters. The van der Waals surface area contributed by atoms with Gasteiger partial charge >= 0.3 is 0 Å². The summed E-state index contributed by atoms with van der Waals surface area (Å²) in [5.74, 6) is -0.257. The molecule has 11 nitrogen and oxygen atoms in total. The molecular weight excluding hydrogens is 440 g/mol. The quantitative estimate of drug-likeness (QED) is 0.378. The fourth-order valence-corrected chi connectivity index (χ4v) is 3.51. The zero-order valence-electron chi connectivity index (χ0n) is 18.6. The third-order valence-electron chi connectivity index (χ3n) is 5.25. The Bertz CT molecular complexity index is 1190. The summed E-state index contributed by atoms with van der Waals surface area (Å²) in [5, 5.41) is 14.2. The molecule has 1 aliphatic rings. The highest BCUT2D eigenvalue weighted by atomic mass is 16.6. The molecule has 0 atom stereocenters. The van der Waals surface area contributed by atoms with Crippen molar-refractivity contribution in [2.45, 2.75) is 13.3 Å². The second kappa shape index (κ2) is 10.1. The smallest absolute Gasteiger partial charge is 0.273 e. The summed E-state index contributed by atoms with van der Waals surface area (Å²) in [6.45, 7) is 4.84. The summed E-state index contributed by atoms with van der Waals surface area (Å²) in [5.41, 5.74) is 7.55. The first-order valence-corrected chi connectivity index (χ1v) is 10.8. The highest BCUT2D eigenvalue weighted by molar-refractivity contribution is 5.96. The third kappa shape index (κ3) is 5.21. The minimum atomic E-state index is -0.739. The van der Waals surface area contributed by atoms with E-state index in [2.05, 4.69) is 20.2 Å². The topological polar surface area (TPSA) is 146 Å². The fourth-order valence-electron chi connectivity index (χ4n) is 3.51. The molecular formula is C23H24N6O5. The number of benzene rings is 2. The molecule has 3 aromatic rings. The fraction of sp³-hybridized carbons (Fsp3) is 0.261. The van der Waals surface area contributed by atoms with Crippen molar-refractivity contribution in [3.05, 3.63) is 70.0 Å². The van der Waals surface area contributed by atoms with E-state index >= 15 is 0 Å². The summed E-state index contributed by atoms with van der Waals surface area (Å²) in [6, 6.07) is 13.4. The van der Waals surface area contributed by atoms with Gasteiger partial charge in [0.1, 0.15) is 11.4 Å². The van der Waals surface area contributed by atoms with Gasteiger partial charge in [-0.1, -0.05) is 13.0 Å². The van der Waals surface area contributed by atoms with Gasteiger partial charge < -0.3 is 25.4 Å². The lowest BCUT2D eigenvalue weighted by molar-refractivity contribution is -0.384. The number of ether oxygens (including phenoxy) is 2. The average molecular weight is 464 g/mol. The lowest BCUT2D eigenvalue weighted by Crippen LogP contribution is -2.36. The minimum absolute atomic E-state index is 0.0273.